The fourth-order valence-electron chi connectivity index (χ4n) is 2.74. The van der Waals surface area contributed by atoms with E-state index in [4.69, 9.17) is 4.74 Å². The summed E-state index contributed by atoms with van der Waals surface area (Å²) in [4.78, 5) is 4.40. The Morgan fingerprint density at radius 2 is 1.82 bits per heavy atom. The highest BCUT2D eigenvalue weighted by Gasteiger charge is 2.30. The highest BCUT2D eigenvalue weighted by atomic mass is 19.1. The van der Waals surface area contributed by atoms with E-state index in [0.717, 1.165) is 17.5 Å². The van der Waals surface area contributed by atoms with Gasteiger partial charge in [0, 0.05) is 17.7 Å². The number of halogens is 1. The number of rotatable bonds is 5. The van der Waals surface area contributed by atoms with Crippen LogP contribution in [0.2, 0.25) is 0 Å². The smallest absolute Gasteiger partial charge is 0.217 e. The van der Waals surface area contributed by atoms with Crippen LogP contribution in [0.5, 0.6) is 5.88 Å². The predicted molar refractivity (Wildman–Crippen MR) is 87.7 cm³/mol. The van der Waals surface area contributed by atoms with Gasteiger partial charge in [0.1, 0.15) is 5.82 Å². The van der Waals surface area contributed by atoms with E-state index < -0.39 is 0 Å². The van der Waals surface area contributed by atoms with Crippen molar-refractivity contribution in [2.45, 2.75) is 40.0 Å². The van der Waals surface area contributed by atoms with Gasteiger partial charge in [-0.15, -0.1) is 0 Å². The monoisotopic (exact) mass is 301 g/mol. The summed E-state index contributed by atoms with van der Waals surface area (Å²) in [6.07, 6.45) is 2.69. The Balaban J connectivity index is 2.49. The SMILES string of the molecule is CCCOc1ncccc1C(c1ccc(F)cc1)C(C)(C)C. The second-order valence-electron chi connectivity index (χ2n) is 6.60. The van der Waals surface area contributed by atoms with Gasteiger partial charge in [0.25, 0.3) is 0 Å². The molecule has 1 aromatic heterocycles. The first-order valence-electron chi connectivity index (χ1n) is 7.76. The lowest BCUT2D eigenvalue weighted by atomic mass is 9.73. The number of benzene rings is 1. The lowest BCUT2D eigenvalue weighted by Gasteiger charge is -2.32. The van der Waals surface area contributed by atoms with Crippen molar-refractivity contribution in [3.8, 4) is 5.88 Å². The van der Waals surface area contributed by atoms with Crippen LogP contribution in [0.25, 0.3) is 0 Å². The molecule has 0 aliphatic rings. The molecule has 2 rings (SSSR count). The molecule has 0 spiro atoms. The van der Waals surface area contributed by atoms with Gasteiger partial charge in [0.05, 0.1) is 6.61 Å². The van der Waals surface area contributed by atoms with Gasteiger partial charge in [-0.2, -0.15) is 0 Å². The zero-order chi connectivity index (χ0) is 16.2. The number of ether oxygens (including phenoxy) is 1. The summed E-state index contributed by atoms with van der Waals surface area (Å²) in [6.45, 7) is 9.25. The third kappa shape index (κ3) is 3.85. The van der Waals surface area contributed by atoms with Crippen LogP contribution in [-0.4, -0.2) is 11.6 Å². The fourth-order valence-corrected chi connectivity index (χ4v) is 2.74. The molecule has 0 N–H and O–H groups in total. The Hall–Kier alpha value is -1.90. The molecule has 0 saturated heterocycles. The number of hydrogen-bond acceptors (Lipinski definition) is 2. The van der Waals surface area contributed by atoms with E-state index in [1.54, 1.807) is 6.20 Å². The summed E-state index contributed by atoms with van der Waals surface area (Å²) in [5.74, 6) is 0.548. The summed E-state index contributed by atoms with van der Waals surface area (Å²) >= 11 is 0. The molecule has 0 radical (unpaired) electrons. The maximum Gasteiger partial charge on any atom is 0.217 e. The highest BCUT2D eigenvalue weighted by molar-refractivity contribution is 5.39. The molecule has 118 valence electrons. The molecule has 22 heavy (non-hydrogen) atoms. The minimum absolute atomic E-state index is 0.0365. The van der Waals surface area contributed by atoms with Gasteiger partial charge in [0.2, 0.25) is 5.88 Å². The van der Waals surface area contributed by atoms with Crippen LogP contribution in [0.15, 0.2) is 42.6 Å². The van der Waals surface area contributed by atoms with Crippen molar-refractivity contribution < 1.29 is 9.13 Å². The summed E-state index contributed by atoms with van der Waals surface area (Å²) in [7, 11) is 0. The van der Waals surface area contributed by atoms with Crippen LogP contribution in [0.3, 0.4) is 0 Å². The van der Waals surface area contributed by atoms with Crippen molar-refractivity contribution in [2.75, 3.05) is 6.61 Å². The van der Waals surface area contributed by atoms with Gasteiger partial charge in [-0.3, -0.25) is 0 Å². The summed E-state index contributed by atoms with van der Waals surface area (Å²) in [5, 5.41) is 0. The van der Waals surface area contributed by atoms with Crippen LogP contribution in [0.4, 0.5) is 4.39 Å². The first-order valence-corrected chi connectivity index (χ1v) is 7.76. The van der Waals surface area contributed by atoms with Crippen LogP contribution in [0.1, 0.15) is 51.2 Å². The first kappa shape index (κ1) is 16.5. The minimum atomic E-state index is -0.218. The zero-order valence-corrected chi connectivity index (χ0v) is 13.8. The summed E-state index contributed by atoms with van der Waals surface area (Å²) in [5.41, 5.74) is 2.09. The van der Waals surface area contributed by atoms with Crippen molar-refractivity contribution in [1.82, 2.24) is 4.98 Å². The van der Waals surface area contributed by atoms with Crippen LogP contribution < -0.4 is 4.74 Å². The van der Waals surface area contributed by atoms with Gasteiger partial charge >= 0.3 is 0 Å². The van der Waals surface area contributed by atoms with Crippen molar-refractivity contribution in [3.05, 3.63) is 59.5 Å². The second-order valence-corrected chi connectivity index (χ2v) is 6.60. The van der Waals surface area contributed by atoms with Crippen LogP contribution in [-0.2, 0) is 0 Å². The maximum absolute atomic E-state index is 13.3. The lowest BCUT2D eigenvalue weighted by molar-refractivity contribution is 0.288. The van der Waals surface area contributed by atoms with E-state index in [9.17, 15) is 4.39 Å². The van der Waals surface area contributed by atoms with Crippen molar-refractivity contribution in [1.29, 1.82) is 0 Å². The maximum atomic E-state index is 13.3. The molecule has 0 aliphatic heterocycles. The summed E-state index contributed by atoms with van der Waals surface area (Å²) in [6, 6.07) is 10.7. The van der Waals surface area contributed by atoms with E-state index in [2.05, 4.69) is 38.7 Å². The van der Waals surface area contributed by atoms with Crippen molar-refractivity contribution in [2.24, 2.45) is 5.41 Å². The van der Waals surface area contributed by atoms with Gasteiger partial charge < -0.3 is 4.74 Å². The van der Waals surface area contributed by atoms with Crippen molar-refractivity contribution >= 4 is 0 Å². The third-order valence-corrected chi connectivity index (χ3v) is 3.62. The van der Waals surface area contributed by atoms with Gasteiger partial charge in [-0.1, -0.05) is 45.9 Å². The molecule has 0 amide bonds. The number of pyridine rings is 1. The minimum Gasteiger partial charge on any atom is -0.477 e. The molecule has 0 saturated carbocycles. The Labute approximate surface area is 132 Å². The van der Waals surface area contributed by atoms with E-state index in [-0.39, 0.29) is 17.2 Å². The number of aromatic nitrogens is 1. The fraction of sp³-hybridized carbons (Fsp3) is 0.421. The van der Waals surface area contributed by atoms with Crippen molar-refractivity contribution in [3.63, 3.8) is 0 Å². The van der Waals surface area contributed by atoms with E-state index in [1.165, 1.54) is 12.1 Å². The quantitative estimate of drug-likeness (QED) is 0.758. The average Bonchev–Trinajstić information content (AvgIpc) is 2.47. The van der Waals surface area contributed by atoms with E-state index in [1.807, 2.05) is 18.2 Å². The van der Waals surface area contributed by atoms with Crippen LogP contribution >= 0.6 is 0 Å². The van der Waals surface area contributed by atoms with Crippen LogP contribution in [0, 0.1) is 11.2 Å². The molecule has 2 nitrogen and oxygen atoms in total. The molecule has 1 heterocycles. The molecule has 2 aromatic rings. The normalized spacial score (nSPS) is 13.0. The Bertz CT molecular complexity index is 602. The topological polar surface area (TPSA) is 22.1 Å². The van der Waals surface area contributed by atoms with E-state index >= 15 is 0 Å². The molecular formula is C19H24FNO. The van der Waals surface area contributed by atoms with E-state index in [0.29, 0.717) is 12.5 Å². The highest BCUT2D eigenvalue weighted by Crippen LogP contribution is 2.43. The van der Waals surface area contributed by atoms with Gasteiger partial charge in [0.15, 0.2) is 0 Å². The van der Waals surface area contributed by atoms with Gasteiger partial charge in [-0.25, -0.2) is 9.37 Å². The zero-order valence-electron chi connectivity index (χ0n) is 13.8. The molecule has 3 heteroatoms. The second kappa shape index (κ2) is 6.91. The largest absolute Gasteiger partial charge is 0.477 e. The number of hydrogen-bond donors (Lipinski definition) is 0. The number of nitrogens with zero attached hydrogens (tertiary/aromatic N) is 1. The predicted octanol–water partition coefficient (Wildman–Crippen LogP) is 5.19. The lowest BCUT2D eigenvalue weighted by Crippen LogP contribution is -2.21. The Kier molecular flexibility index (Phi) is 5.17. The standard InChI is InChI=1S/C19H24FNO/c1-5-13-22-18-16(7-6-12-21-18)17(19(2,3)4)14-8-10-15(20)11-9-14/h6-12,17H,5,13H2,1-4H3. The molecule has 1 aromatic carbocycles. The first-order chi connectivity index (χ1) is 10.4. The molecule has 0 aliphatic carbocycles. The Morgan fingerprint density at radius 3 is 2.41 bits per heavy atom. The molecule has 1 unspecified atom stereocenters. The molecule has 1 atom stereocenters. The Morgan fingerprint density at radius 1 is 1.14 bits per heavy atom. The van der Waals surface area contributed by atoms with Gasteiger partial charge in [-0.05, 0) is 35.6 Å². The average molecular weight is 301 g/mol. The molecule has 0 bridgehead atoms. The molecule has 0 fully saturated rings. The third-order valence-electron chi connectivity index (χ3n) is 3.62. The molecular weight excluding hydrogens is 277 g/mol. The summed E-state index contributed by atoms with van der Waals surface area (Å²) < 4.78 is 19.1.